The topological polar surface area (TPSA) is 54.4 Å². The minimum absolute atomic E-state index is 0.0394. The van der Waals surface area contributed by atoms with Crippen LogP contribution in [0.4, 0.5) is 0 Å². The van der Waals surface area contributed by atoms with Gasteiger partial charge in [-0.3, -0.25) is 0 Å². The number of carbonyl (C=O) groups is 2. The van der Waals surface area contributed by atoms with Gasteiger partial charge in [-0.1, -0.05) is 23.4 Å². The van der Waals surface area contributed by atoms with Gasteiger partial charge < -0.3 is 9.90 Å². The van der Waals surface area contributed by atoms with E-state index in [1.165, 1.54) is 12.1 Å². The Morgan fingerprint density at radius 2 is 2.27 bits per heavy atom. The molecule has 4 heteroatoms. The molecule has 0 fully saturated rings. The average molecular weight is 223 g/mol. The van der Waals surface area contributed by atoms with Crippen molar-refractivity contribution in [3.8, 4) is 11.8 Å². The Morgan fingerprint density at radius 3 is 2.80 bits per heavy atom. The van der Waals surface area contributed by atoms with Crippen LogP contribution in [0.25, 0.3) is 0 Å². The third-order valence-corrected chi connectivity index (χ3v) is 1.93. The lowest BCUT2D eigenvalue weighted by Crippen LogP contribution is -1.97. The zero-order valence-electron chi connectivity index (χ0n) is 7.66. The predicted octanol–water partition coefficient (Wildman–Crippen LogP) is 1.98. The molecule has 0 atom stereocenters. The molecule has 76 valence electrons. The molecule has 0 bridgehead atoms. The van der Waals surface area contributed by atoms with E-state index in [0.717, 1.165) is 0 Å². The first-order chi connectivity index (χ1) is 7.15. The molecule has 0 aromatic heterocycles. The fourth-order valence-electron chi connectivity index (χ4n) is 0.961. The average Bonchev–Trinajstić information content (AvgIpc) is 2.17. The molecule has 0 aliphatic heterocycles. The molecule has 1 aromatic carbocycles. The number of aldehydes is 1. The van der Waals surface area contributed by atoms with Crippen molar-refractivity contribution in [3.05, 3.63) is 34.3 Å². The molecule has 0 amide bonds. The van der Waals surface area contributed by atoms with Crippen LogP contribution in [0.5, 0.6) is 0 Å². The van der Waals surface area contributed by atoms with E-state index in [0.29, 0.717) is 11.8 Å². The quantitative estimate of drug-likeness (QED) is 0.615. The van der Waals surface area contributed by atoms with Crippen molar-refractivity contribution in [1.82, 2.24) is 0 Å². The SMILES string of the molecule is O=CCC#Cc1ccc(C(=O)O)c(Cl)c1. The minimum Gasteiger partial charge on any atom is -0.478 e. The van der Waals surface area contributed by atoms with Gasteiger partial charge >= 0.3 is 5.97 Å². The maximum atomic E-state index is 10.6. The Hall–Kier alpha value is -1.79. The zero-order chi connectivity index (χ0) is 11.3. The Morgan fingerprint density at radius 1 is 1.53 bits per heavy atom. The first-order valence-electron chi connectivity index (χ1n) is 4.10. The van der Waals surface area contributed by atoms with Gasteiger partial charge in [-0.2, -0.15) is 0 Å². The van der Waals surface area contributed by atoms with Gasteiger partial charge in [-0.05, 0) is 18.2 Å². The highest BCUT2D eigenvalue weighted by atomic mass is 35.5. The van der Waals surface area contributed by atoms with Crippen LogP contribution in [0.1, 0.15) is 22.3 Å². The number of benzene rings is 1. The zero-order valence-corrected chi connectivity index (χ0v) is 8.41. The smallest absolute Gasteiger partial charge is 0.337 e. The van der Waals surface area contributed by atoms with Crippen molar-refractivity contribution < 1.29 is 14.7 Å². The highest BCUT2D eigenvalue weighted by Gasteiger charge is 2.07. The van der Waals surface area contributed by atoms with Crippen molar-refractivity contribution in [2.45, 2.75) is 6.42 Å². The summed E-state index contributed by atoms with van der Waals surface area (Å²) in [6, 6.07) is 4.39. The summed E-state index contributed by atoms with van der Waals surface area (Å²) in [4.78, 5) is 20.6. The van der Waals surface area contributed by atoms with Crippen LogP contribution >= 0.6 is 11.6 Å². The van der Waals surface area contributed by atoms with Crippen LogP contribution in [0, 0.1) is 11.8 Å². The third-order valence-electron chi connectivity index (χ3n) is 1.62. The van der Waals surface area contributed by atoms with Crippen LogP contribution in [-0.2, 0) is 4.79 Å². The number of halogens is 1. The molecule has 0 aliphatic rings. The minimum atomic E-state index is -1.08. The summed E-state index contributed by atoms with van der Waals surface area (Å²) in [6.45, 7) is 0. The molecule has 0 aliphatic carbocycles. The van der Waals surface area contributed by atoms with E-state index in [-0.39, 0.29) is 17.0 Å². The maximum Gasteiger partial charge on any atom is 0.337 e. The highest BCUT2D eigenvalue weighted by Crippen LogP contribution is 2.17. The van der Waals surface area contributed by atoms with Gasteiger partial charge in [-0.15, -0.1) is 0 Å². The second-order valence-corrected chi connectivity index (χ2v) is 3.08. The van der Waals surface area contributed by atoms with E-state index in [2.05, 4.69) is 11.8 Å². The first-order valence-corrected chi connectivity index (χ1v) is 4.48. The van der Waals surface area contributed by atoms with E-state index in [1.807, 2.05) is 0 Å². The van der Waals surface area contributed by atoms with Crippen molar-refractivity contribution in [3.63, 3.8) is 0 Å². The molecule has 0 heterocycles. The van der Waals surface area contributed by atoms with Gasteiger partial charge in [0.05, 0.1) is 17.0 Å². The summed E-state index contributed by atoms with van der Waals surface area (Å²) in [6.07, 6.45) is 0.846. The van der Waals surface area contributed by atoms with Crippen LogP contribution in [0.3, 0.4) is 0 Å². The molecule has 3 nitrogen and oxygen atoms in total. The lowest BCUT2D eigenvalue weighted by atomic mass is 10.1. The number of carbonyl (C=O) groups excluding carboxylic acids is 1. The molecule has 0 radical (unpaired) electrons. The van der Waals surface area contributed by atoms with Gasteiger partial charge in [0.25, 0.3) is 0 Å². The molecule has 15 heavy (non-hydrogen) atoms. The van der Waals surface area contributed by atoms with E-state index in [4.69, 9.17) is 16.7 Å². The van der Waals surface area contributed by atoms with E-state index in [1.54, 1.807) is 6.07 Å². The second kappa shape index (κ2) is 5.18. The Labute approximate surface area is 91.7 Å². The maximum absolute atomic E-state index is 10.6. The normalized spacial score (nSPS) is 8.87. The number of hydrogen-bond donors (Lipinski definition) is 1. The van der Waals surface area contributed by atoms with Crippen molar-refractivity contribution in [2.24, 2.45) is 0 Å². The summed E-state index contributed by atoms with van der Waals surface area (Å²) in [5, 5.41) is 8.84. The fourth-order valence-corrected chi connectivity index (χ4v) is 1.22. The number of rotatable bonds is 2. The fraction of sp³-hybridized carbons (Fsp3) is 0.0909. The van der Waals surface area contributed by atoms with Gasteiger partial charge in [0.1, 0.15) is 6.29 Å². The molecule has 0 saturated carbocycles. The molecular weight excluding hydrogens is 216 g/mol. The van der Waals surface area contributed by atoms with Crippen molar-refractivity contribution in [1.29, 1.82) is 0 Å². The van der Waals surface area contributed by atoms with Crippen LogP contribution in [0.2, 0.25) is 5.02 Å². The number of carboxylic acid groups (broad SMARTS) is 1. The molecule has 0 unspecified atom stereocenters. The van der Waals surface area contributed by atoms with Crippen molar-refractivity contribution in [2.75, 3.05) is 0 Å². The van der Waals surface area contributed by atoms with Crippen LogP contribution in [0.15, 0.2) is 18.2 Å². The van der Waals surface area contributed by atoms with E-state index >= 15 is 0 Å². The summed E-state index contributed by atoms with van der Waals surface area (Å²) >= 11 is 5.72. The largest absolute Gasteiger partial charge is 0.478 e. The van der Waals surface area contributed by atoms with Crippen molar-refractivity contribution >= 4 is 23.9 Å². The summed E-state index contributed by atoms with van der Waals surface area (Å²) in [5.41, 5.74) is 0.629. The molecule has 1 aromatic rings. The Bertz CT molecular complexity index is 455. The molecule has 0 saturated heterocycles. The molecule has 1 rings (SSSR count). The summed E-state index contributed by atoms with van der Waals surface area (Å²) in [5.74, 6) is 4.22. The van der Waals surface area contributed by atoms with Gasteiger partial charge in [0, 0.05) is 5.56 Å². The lowest BCUT2D eigenvalue weighted by molar-refractivity contribution is -0.107. The first kappa shape index (κ1) is 11.3. The predicted molar refractivity (Wildman–Crippen MR) is 56.0 cm³/mol. The monoisotopic (exact) mass is 222 g/mol. The van der Waals surface area contributed by atoms with Crippen LogP contribution < -0.4 is 0 Å². The van der Waals surface area contributed by atoms with Gasteiger partial charge in [-0.25, -0.2) is 4.79 Å². The number of carboxylic acids is 1. The summed E-state index contributed by atoms with van der Waals surface area (Å²) in [7, 11) is 0. The van der Waals surface area contributed by atoms with Gasteiger partial charge in [0.15, 0.2) is 0 Å². The lowest BCUT2D eigenvalue weighted by Gasteiger charge is -1.98. The number of hydrogen-bond acceptors (Lipinski definition) is 2. The van der Waals surface area contributed by atoms with Gasteiger partial charge in [0.2, 0.25) is 0 Å². The standard InChI is InChI=1S/C11H7ClO3/c12-10-7-8(3-1-2-6-13)4-5-9(10)11(14)15/h4-7H,2H2,(H,14,15). The molecule has 0 spiro atoms. The second-order valence-electron chi connectivity index (χ2n) is 2.67. The van der Waals surface area contributed by atoms with E-state index in [9.17, 15) is 9.59 Å². The molecule has 1 N–H and O–H groups in total. The van der Waals surface area contributed by atoms with E-state index < -0.39 is 5.97 Å². The Kier molecular flexibility index (Phi) is 3.90. The highest BCUT2D eigenvalue weighted by molar-refractivity contribution is 6.33. The Balaban J connectivity index is 2.98. The third kappa shape index (κ3) is 3.12. The number of aromatic carboxylic acids is 1. The summed E-state index contributed by atoms with van der Waals surface area (Å²) < 4.78 is 0. The van der Waals surface area contributed by atoms with Crippen LogP contribution in [-0.4, -0.2) is 17.4 Å². The molecular formula is C11H7ClO3.